The summed E-state index contributed by atoms with van der Waals surface area (Å²) in [4.78, 5) is 23.6. The van der Waals surface area contributed by atoms with Crippen molar-refractivity contribution in [1.29, 1.82) is 0 Å². The molecule has 6 heteroatoms. The Labute approximate surface area is 105 Å². The van der Waals surface area contributed by atoms with E-state index in [0.29, 0.717) is 0 Å². The molecule has 1 aliphatic rings. The topological polar surface area (TPSA) is 68.5 Å². The zero-order valence-corrected chi connectivity index (χ0v) is 10.2. The zero-order chi connectivity index (χ0) is 13.2. The van der Waals surface area contributed by atoms with Crippen LogP contribution in [0.25, 0.3) is 0 Å². The maximum atomic E-state index is 12.1. The maximum Gasteiger partial charge on any atom is 0.322 e. The molecule has 0 radical (unpaired) electrons. The number of hydrogen-bond acceptors (Lipinski definition) is 4. The fraction of sp³-hybridized carbons (Fsp3) is 0.333. The van der Waals surface area contributed by atoms with E-state index in [1.807, 2.05) is 0 Å². The second-order valence-corrected chi connectivity index (χ2v) is 4.32. The van der Waals surface area contributed by atoms with Gasteiger partial charge in [-0.1, -0.05) is 6.08 Å². The van der Waals surface area contributed by atoms with Crippen LogP contribution in [-0.2, 0) is 0 Å². The predicted octanol–water partition coefficient (Wildman–Crippen LogP) is 0.405. The molecule has 1 N–H and O–H groups in total. The minimum absolute atomic E-state index is 0.0754. The fourth-order valence-corrected chi connectivity index (χ4v) is 1.98. The van der Waals surface area contributed by atoms with Gasteiger partial charge in [0.2, 0.25) is 11.2 Å². The summed E-state index contributed by atoms with van der Waals surface area (Å²) in [5.41, 5.74) is -0.758. The van der Waals surface area contributed by atoms with Crippen LogP contribution in [-0.4, -0.2) is 19.5 Å². The van der Waals surface area contributed by atoms with Gasteiger partial charge in [0.25, 0.3) is 5.91 Å². The molecule has 1 saturated carbocycles. The van der Waals surface area contributed by atoms with Gasteiger partial charge in [-0.25, -0.2) is 0 Å². The van der Waals surface area contributed by atoms with E-state index in [9.17, 15) is 9.59 Å². The lowest BCUT2D eigenvalue weighted by Gasteiger charge is -2.39. The first-order valence-electron chi connectivity index (χ1n) is 5.74. The van der Waals surface area contributed by atoms with Crippen molar-refractivity contribution in [2.24, 2.45) is 0 Å². The molecule has 1 aromatic heterocycles. The van der Waals surface area contributed by atoms with Gasteiger partial charge in [0, 0.05) is 6.07 Å². The normalized spacial score (nSPS) is 16.4. The van der Waals surface area contributed by atoms with Gasteiger partial charge in [-0.2, -0.15) is 0 Å². The minimum Gasteiger partial charge on any atom is -0.563 e. The number of carbonyl (C=O) groups excluding carboxylic acids is 1. The van der Waals surface area contributed by atoms with Gasteiger partial charge < -0.3 is 14.4 Å². The van der Waals surface area contributed by atoms with Crippen molar-refractivity contribution >= 4 is 14.0 Å². The smallest absolute Gasteiger partial charge is 0.322 e. The van der Waals surface area contributed by atoms with Crippen molar-refractivity contribution in [2.75, 3.05) is 0 Å². The third-order valence-corrected chi connectivity index (χ3v) is 3.24. The summed E-state index contributed by atoms with van der Waals surface area (Å²) in [6.07, 6.45) is 5.65. The van der Waals surface area contributed by atoms with Crippen molar-refractivity contribution in [3.8, 4) is 5.75 Å². The Kier molecular flexibility index (Phi) is 3.27. The molecule has 1 heterocycles. The Balaban J connectivity index is 2.26. The summed E-state index contributed by atoms with van der Waals surface area (Å²) in [5.74, 6) is -0.629. The van der Waals surface area contributed by atoms with Gasteiger partial charge in [-0.05, 0) is 19.3 Å². The molecule has 0 saturated heterocycles. The van der Waals surface area contributed by atoms with Crippen molar-refractivity contribution < 1.29 is 13.9 Å². The van der Waals surface area contributed by atoms with Gasteiger partial charge >= 0.3 is 8.05 Å². The second kappa shape index (κ2) is 4.72. The highest BCUT2D eigenvalue weighted by molar-refractivity contribution is 6.02. The van der Waals surface area contributed by atoms with Crippen molar-refractivity contribution in [3.05, 3.63) is 41.0 Å². The van der Waals surface area contributed by atoms with Crippen LogP contribution in [0.4, 0.5) is 0 Å². The lowest BCUT2D eigenvalue weighted by Crippen LogP contribution is -2.51. The van der Waals surface area contributed by atoms with Gasteiger partial charge in [0.1, 0.15) is 0 Å². The molecule has 0 bridgehead atoms. The Morgan fingerprint density at radius 2 is 2.33 bits per heavy atom. The minimum atomic E-state index is -0.454. The second-order valence-electron chi connectivity index (χ2n) is 4.32. The molecule has 0 aliphatic heterocycles. The highest BCUT2D eigenvalue weighted by Gasteiger charge is 2.36. The van der Waals surface area contributed by atoms with Crippen molar-refractivity contribution in [1.82, 2.24) is 5.32 Å². The molecular weight excluding hydrogens is 233 g/mol. The molecule has 0 atom stereocenters. The monoisotopic (exact) mass is 247 g/mol. The Bertz CT molecular complexity index is 533. The van der Waals surface area contributed by atoms with Crippen molar-refractivity contribution in [3.63, 3.8) is 0 Å². The highest BCUT2D eigenvalue weighted by atomic mass is 16.4. The SMILES string of the molecule is BOc1c(C(=O)NC2(C=C)CCC2)occc1=O. The molecule has 0 spiro atoms. The third kappa shape index (κ3) is 2.06. The van der Waals surface area contributed by atoms with E-state index in [1.165, 1.54) is 20.4 Å². The summed E-state index contributed by atoms with van der Waals surface area (Å²) in [7, 11) is 1.33. The predicted molar refractivity (Wildman–Crippen MR) is 68.4 cm³/mol. The van der Waals surface area contributed by atoms with Crippen LogP contribution < -0.4 is 15.4 Å². The standard InChI is InChI=1S/C12H14BNO4/c1-2-12(5-3-6-12)14-11(16)10-9(18-13)8(15)4-7-17-10/h2,4,7H,1,3,5-6,13H2,(H,14,16). The molecule has 2 rings (SSSR count). The number of amides is 1. The van der Waals surface area contributed by atoms with E-state index >= 15 is 0 Å². The zero-order valence-electron chi connectivity index (χ0n) is 10.2. The highest BCUT2D eigenvalue weighted by Crippen LogP contribution is 2.33. The van der Waals surface area contributed by atoms with Crippen LogP contribution in [0.2, 0.25) is 0 Å². The largest absolute Gasteiger partial charge is 0.563 e. The van der Waals surface area contributed by atoms with E-state index in [-0.39, 0.29) is 22.5 Å². The number of hydrogen-bond donors (Lipinski definition) is 1. The average Bonchev–Trinajstić information content (AvgIpc) is 2.33. The molecule has 1 aromatic rings. The molecule has 94 valence electrons. The summed E-state index contributed by atoms with van der Waals surface area (Å²) in [6.45, 7) is 3.72. The molecule has 1 aliphatic carbocycles. The van der Waals surface area contributed by atoms with Gasteiger partial charge in [0.05, 0.1) is 11.8 Å². The summed E-state index contributed by atoms with van der Waals surface area (Å²) >= 11 is 0. The van der Waals surface area contributed by atoms with E-state index < -0.39 is 5.91 Å². The first kappa shape index (κ1) is 12.5. The number of rotatable bonds is 4. The van der Waals surface area contributed by atoms with E-state index in [2.05, 4.69) is 11.9 Å². The summed E-state index contributed by atoms with van der Waals surface area (Å²) < 4.78 is 9.98. The molecule has 0 unspecified atom stereocenters. The Morgan fingerprint density at radius 3 is 2.83 bits per heavy atom. The van der Waals surface area contributed by atoms with Crippen LogP contribution in [0.3, 0.4) is 0 Å². The first-order chi connectivity index (χ1) is 8.62. The third-order valence-electron chi connectivity index (χ3n) is 3.24. The van der Waals surface area contributed by atoms with Crippen LogP contribution in [0.15, 0.2) is 34.2 Å². The molecular formula is C12H14BNO4. The van der Waals surface area contributed by atoms with E-state index in [4.69, 9.17) is 9.07 Å². The van der Waals surface area contributed by atoms with Crippen LogP contribution in [0, 0.1) is 0 Å². The number of carbonyl (C=O) groups is 1. The Hall–Kier alpha value is -1.98. The number of nitrogens with one attached hydrogen (secondary N) is 1. The van der Waals surface area contributed by atoms with Crippen LogP contribution >= 0.6 is 0 Å². The lowest BCUT2D eigenvalue weighted by molar-refractivity contribution is 0.0842. The van der Waals surface area contributed by atoms with Crippen LogP contribution in [0.5, 0.6) is 5.75 Å². The lowest BCUT2D eigenvalue weighted by atomic mass is 9.77. The molecule has 1 amide bonds. The van der Waals surface area contributed by atoms with Crippen molar-refractivity contribution in [2.45, 2.75) is 24.8 Å². The Morgan fingerprint density at radius 1 is 1.61 bits per heavy atom. The van der Waals surface area contributed by atoms with Gasteiger partial charge in [-0.15, -0.1) is 6.58 Å². The van der Waals surface area contributed by atoms with Crippen LogP contribution in [0.1, 0.15) is 29.8 Å². The summed E-state index contributed by atoms with van der Waals surface area (Å²) in [5, 5.41) is 2.83. The molecule has 0 aromatic carbocycles. The van der Waals surface area contributed by atoms with Gasteiger partial charge in [0.15, 0.2) is 5.75 Å². The average molecular weight is 247 g/mol. The van der Waals surface area contributed by atoms with E-state index in [0.717, 1.165) is 19.3 Å². The molecule has 1 fully saturated rings. The molecule has 5 nitrogen and oxygen atoms in total. The maximum absolute atomic E-state index is 12.1. The molecule has 18 heavy (non-hydrogen) atoms. The van der Waals surface area contributed by atoms with Gasteiger partial charge in [-0.3, -0.25) is 9.59 Å². The summed E-state index contributed by atoms with van der Waals surface area (Å²) in [6, 6.07) is 1.21. The quantitative estimate of drug-likeness (QED) is 0.617. The fourth-order valence-electron chi connectivity index (χ4n) is 1.98. The first-order valence-corrected chi connectivity index (χ1v) is 5.74. The van der Waals surface area contributed by atoms with E-state index in [1.54, 1.807) is 6.08 Å².